The van der Waals surface area contributed by atoms with E-state index < -0.39 is 0 Å². The molecule has 2 aliphatic carbocycles. The summed E-state index contributed by atoms with van der Waals surface area (Å²) in [5.74, 6) is 2.16. The van der Waals surface area contributed by atoms with E-state index in [0.717, 1.165) is 30.0 Å². The lowest BCUT2D eigenvalue weighted by Crippen LogP contribution is -2.62. The van der Waals surface area contributed by atoms with Gasteiger partial charge in [0.25, 0.3) is 0 Å². The summed E-state index contributed by atoms with van der Waals surface area (Å²) in [4.78, 5) is 5.83. The van der Waals surface area contributed by atoms with Crippen molar-refractivity contribution in [1.29, 1.82) is 0 Å². The number of hydrogen-bond donors (Lipinski definition) is 0. The highest BCUT2D eigenvalue weighted by Crippen LogP contribution is 2.48. The number of nitrogens with zero attached hydrogens (tertiary/aromatic N) is 2. The average Bonchev–Trinajstić information content (AvgIpc) is 3.32. The zero-order chi connectivity index (χ0) is 12.8. The van der Waals surface area contributed by atoms with Crippen LogP contribution in [0.15, 0.2) is 0 Å². The van der Waals surface area contributed by atoms with Crippen LogP contribution in [-0.4, -0.2) is 47.6 Å². The van der Waals surface area contributed by atoms with E-state index in [1.165, 1.54) is 71.0 Å². The fourth-order valence-electron chi connectivity index (χ4n) is 4.81. The van der Waals surface area contributed by atoms with E-state index in [-0.39, 0.29) is 0 Å². The van der Waals surface area contributed by atoms with Crippen LogP contribution in [0.5, 0.6) is 0 Å². The second-order valence-electron chi connectivity index (χ2n) is 7.57. The molecule has 2 saturated heterocycles. The molecule has 2 heterocycles. The van der Waals surface area contributed by atoms with Gasteiger partial charge < -0.3 is 0 Å². The Bertz CT molecular complexity index is 309. The normalized spacial score (nSPS) is 37.6. The van der Waals surface area contributed by atoms with E-state index in [1.54, 1.807) is 0 Å². The first-order chi connectivity index (χ1) is 9.36. The molecule has 0 spiro atoms. The minimum absolute atomic E-state index is 0.862. The van der Waals surface area contributed by atoms with Crippen molar-refractivity contribution in [2.45, 2.75) is 76.4 Å². The van der Waals surface area contributed by atoms with E-state index in [9.17, 15) is 0 Å². The second-order valence-corrected chi connectivity index (χ2v) is 7.57. The molecule has 2 aliphatic heterocycles. The lowest BCUT2D eigenvalue weighted by Gasteiger charge is -2.51. The van der Waals surface area contributed by atoms with Crippen molar-refractivity contribution < 1.29 is 0 Å². The number of piperazine rings is 1. The predicted molar refractivity (Wildman–Crippen MR) is 79.2 cm³/mol. The first-order valence-electron chi connectivity index (χ1n) is 8.86. The maximum atomic E-state index is 3.00. The largest absolute Gasteiger partial charge is 0.298 e. The highest BCUT2D eigenvalue weighted by atomic mass is 15.3. The van der Waals surface area contributed by atoms with Crippen LogP contribution < -0.4 is 0 Å². The van der Waals surface area contributed by atoms with Crippen LogP contribution in [0, 0.1) is 11.8 Å². The summed E-state index contributed by atoms with van der Waals surface area (Å²) >= 11 is 0. The summed E-state index contributed by atoms with van der Waals surface area (Å²) in [5, 5.41) is 0. The fourth-order valence-corrected chi connectivity index (χ4v) is 4.81. The van der Waals surface area contributed by atoms with Crippen molar-refractivity contribution in [2.24, 2.45) is 11.8 Å². The first-order valence-corrected chi connectivity index (χ1v) is 8.86. The Hall–Kier alpha value is -0.0800. The molecule has 2 heteroatoms. The Balaban J connectivity index is 1.51. The summed E-state index contributed by atoms with van der Waals surface area (Å²) < 4.78 is 0. The zero-order valence-corrected chi connectivity index (χ0v) is 12.6. The first kappa shape index (κ1) is 12.6. The van der Waals surface area contributed by atoms with Gasteiger partial charge in [-0.15, -0.1) is 0 Å². The van der Waals surface area contributed by atoms with Crippen LogP contribution in [0.25, 0.3) is 0 Å². The molecule has 4 rings (SSSR count). The molecule has 0 amide bonds. The van der Waals surface area contributed by atoms with Gasteiger partial charge in [-0.05, 0) is 63.3 Å². The Morgan fingerprint density at radius 3 is 2.32 bits per heavy atom. The summed E-state index contributed by atoms with van der Waals surface area (Å²) in [5.41, 5.74) is 0. The second kappa shape index (κ2) is 5.04. The molecule has 0 aromatic heterocycles. The van der Waals surface area contributed by atoms with Crippen molar-refractivity contribution in [1.82, 2.24) is 9.80 Å². The van der Waals surface area contributed by atoms with Crippen molar-refractivity contribution in [3.05, 3.63) is 0 Å². The van der Waals surface area contributed by atoms with Gasteiger partial charge in [0.2, 0.25) is 0 Å². The smallest absolute Gasteiger partial charge is 0.0224 e. The van der Waals surface area contributed by atoms with Crippen molar-refractivity contribution >= 4 is 0 Å². The standard InChI is InChI=1S/C17H30N2/c1-2-15-11-18-10-4-3-5-16(18)12-19(15)17(13-6-7-13)14-8-9-14/h13-17H,2-12H2,1H3. The highest BCUT2D eigenvalue weighted by Gasteiger charge is 2.48. The van der Waals surface area contributed by atoms with Gasteiger partial charge in [-0.25, -0.2) is 0 Å². The van der Waals surface area contributed by atoms with Crippen LogP contribution in [0.2, 0.25) is 0 Å². The van der Waals surface area contributed by atoms with Crippen molar-refractivity contribution in [2.75, 3.05) is 19.6 Å². The van der Waals surface area contributed by atoms with Crippen LogP contribution in [0.4, 0.5) is 0 Å². The lowest BCUT2D eigenvalue weighted by atomic mass is 9.92. The Morgan fingerprint density at radius 1 is 0.947 bits per heavy atom. The SMILES string of the molecule is CCC1CN2CCCCC2CN1C(C1CC1)C1CC1. The van der Waals surface area contributed by atoms with Crippen molar-refractivity contribution in [3.8, 4) is 0 Å². The molecule has 0 aromatic rings. The number of piperidine rings is 1. The van der Waals surface area contributed by atoms with Gasteiger partial charge >= 0.3 is 0 Å². The Labute approximate surface area is 118 Å². The molecule has 2 atom stereocenters. The molecule has 0 radical (unpaired) electrons. The van der Waals surface area contributed by atoms with Gasteiger partial charge in [-0.1, -0.05) is 13.3 Å². The van der Waals surface area contributed by atoms with E-state index in [1.807, 2.05) is 0 Å². The number of hydrogen-bond acceptors (Lipinski definition) is 2. The molecular weight excluding hydrogens is 232 g/mol. The van der Waals surface area contributed by atoms with E-state index >= 15 is 0 Å². The minimum Gasteiger partial charge on any atom is -0.298 e. The fraction of sp³-hybridized carbons (Fsp3) is 1.00. The van der Waals surface area contributed by atoms with Gasteiger partial charge in [0, 0.05) is 31.2 Å². The van der Waals surface area contributed by atoms with Gasteiger partial charge in [-0.2, -0.15) is 0 Å². The maximum Gasteiger partial charge on any atom is 0.0224 e. The molecule has 2 unspecified atom stereocenters. The molecule has 4 aliphatic rings. The maximum absolute atomic E-state index is 3.00. The summed E-state index contributed by atoms with van der Waals surface area (Å²) in [6, 6.07) is 2.74. The number of rotatable bonds is 4. The zero-order valence-electron chi connectivity index (χ0n) is 12.6. The van der Waals surface area contributed by atoms with Gasteiger partial charge in [0.05, 0.1) is 0 Å². The molecule has 108 valence electrons. The molecule has 2 saturated carbocycles. The van der Waals surface area contributed by atoms with E-state index in [0.29, 0.717) is 0 Å². The van der Waals surface area contributed by atoms with Gasteiger partial charge in [0.15, 0.2) is 0 Å². The Morgan fingerprint density at radius 2 is 1.68 bits per heavy atom. The van der Waals surface area contributed by atoms with Crippen LogP contribution in [0.3, 0.4) is 0 Å². The van der Waals surface area contributed by atoms with Crippen LogP contribution in [0.1, 0.15) is 58.3 Å². The summed E-state index contributed by atoms with van der Waals surface area (Å²) in [6.07, 6.45) is 11.9. The van der Waals surface area contributed by atoms with Gasteiger partial charge in [0.1, 0.15) is 0 Å². The molecule has 0 aromatic carbocycles. The highest BCUT2D eigenvalue weighted by molar-refractivity contribution is 5.02. The third-order valence-electron chi connectivity index (χ3n) is 6.15. The predicted octanol–water partition coefficient (Wildman–Crippen LogP) is 3.12. The number of fused-ring (bicyclic) bond motifs is 1. The molecule has 0 bridgehead atoms. The molecule has 4 fully saturated rings. The average molecular weight is 262 g/mol. The molecule has 19 heavy (non-hydrogen) atoms. The minimum atomic E-state index is 0.862. The third-order valence-corrected chi connectivity index (χ3v) is 6.15. The van der Waals surface area contributed by atoms with Gasteiger partial charge in [-0.3, -0.25) is 9.80 Å². The lowest BCUT2D eigenvalue weighted by molar-refractivity contribution is -0.0258. The quantitative estimate of drug-likeness (QED) is 0.768. The van der Waals surface area contributed by atoms with Crippen LogP contribution in [-0.2, 0) is 0 Å². The molecule has 2 nitrogen and oxygen atoms in total. The molecule has 0 N–H and O–H groups in total. The van der Waals surface area contributed by atoms with Crippen molar-refractivity contribution in [3.63, 3.8) is 0 Å². The monoisotopic (exact) mass is 262 g/mol. The van der Waals surface area contributed by atoms with E-state index in [2.05, 4.69) is 16.7 Å². The summed E-state index contributed by atoms with van der Waals surface area (Å²) in [6.45, 7) is 6.57. The van der Waals surface area contributed by atoms with Crippen LogP contribution >= 0.6 is 0 Å². The third kappa shape index (κ3) is 2.47. The Kier molecular flexibility index (Phi) is 3.35. The molecular formula is C17H30N2. The van der Waals surface area contributed by atoms with E-state index in [4.69, 9.17) is 0 Å². The topological polar surface area (TPSA) is 6.48 Å². The summed E-state index contributed by atoms with van der Waals surface area (Å²) in [7, 11) is 0.